The molecule has 0 unspecified atom stereocenters. The molecular weight excluding hydrogens is 267 g/mol. The average Bonchev–Trinajstić information content (AvgIpc) is 2.09. The van der Waals surface area contributed by atoms with Crippen molar-refractivity contribution in [2.24, 2.45) is 5.92 Å². The number of hydrogen-bond donors (Lipinski definition) is 2. The molecule has 0 aliphatic carbocycles. The summed E-state index contributed by atoms with van der Waals surface area (Å²) in [4.78, 5) is 21.2. The van der Waals surface area contributed by atoms with Crippen LogP contribution in [0.2, 0.25) is 0 Å². The van der Waals surface area contributed by atoms with Crippen molar-refractivity contribution < 1.29 is 41.8 Å². The second-order valence-electron chi connectivity index (χ2n) is 3.63. The van der Waals surface area contributed by atoms with Crippen molar-refractivity contribution in [3.8, 4) is 0 Å². The second-order valence-corrected chi connectivity index (χ2v) is 3.63. The highest BCUT2D eigenvalue weighted by Gasteiger charge is 2.63. The Kier molecular flexibility index (Phi) is 4.45. The second kappa shape index (κ2) is 4.91. The van der Waals surface area contributed by atoms with Crippen LogP contribution in [0.3, 0.4) is 0 Å². The van der Waals surface area contributed by atoms with Crippen molar-refractivity contribution in [3.63, 3.8) is 0 Å². The first-order valence-electron chi connectivity index (χ1n) is 4.49. The molecule has 18 heavy (non-hydrogen) atoms. The van der Waals surface area contributed by atoms with Gasteiger partial charge in [0, 0.05) is 0 Å². The van der Waals surface area contributed by atoms with Gasteiger partial charge in [0.15, 0.2) is 0 Å². The van der Waals surface area contributed by atoms with Gasteiger partial charge in [-0.1, -0.05) is 13.8 Å². The molecule has 0 aromatic rings. The summed E-state index contributed by atoms with van der Waals surface area (Å²) >= 11 is 0. The van der Waals surface area contributed by atoms with Gasteiger partial charge in [0.1, 0.15) is 5.57 Å². The molecule has 0 aromatic heterocycles. The van der Waals surface area contributed by atoms with E-state index in [1.54, 1.807) is 0 Å². The van der Waals surface area contributed by atoms with Crippen LogP contribution in [0, 0.1) is 5.92 Å². The van der Waals surface area contributed by atoms with E-state index in [1.807, 2.05) is 0 Å². The minimum absolute atomic E-state index is 0.999. The first-order valence-corrected chi connectivity index (χ1v) is 4.49. The quantitative estimate of drug-likeness (QED) is 0.610. The highest BCUT2D eigenvalue weighted by atomic mass is 19.4. The normalized spacial score (nSPS) is 14.4. The van der Waals surface area contributed by atoms with Gasteiger partial charge in [-0.05, 0) is 5.92 Å². The molecule has 0 bridgehead atoms. The summed E-state index contributed by atoms with van der Waals surface area (Å²) in [6, 6.07) is 0. The zero-order valence-electron chi connectivity index (χ0n) is 9.18. The standard InChI is InChI=1S/C9H9F5O4/c1-3(2)4(6(15)16)5(7(17)18)8(10,11)9(12,13)14/h3H,1-2H3,(H,15,16)(H,17,18). The van der Waals surface area contributed by atoms with Crippen LogP contribution in [0.1, 0.15) is 13.8 Å². The first-order chi connectivity index (χ1) is 7.84. The molecule has 0 aliphatic rings. The number of halogens is 5. The van der Waals surface area contributed by atoms with Gasteiger partial charge in [0.05, 0.1) is 5.57 Å². The Labute approximate surface area is 97.7 Å². The van der Waals surface area contributed by atoms with E-state index >= 15 is 0 Å². The van der Waals surface area contributed by atoms with Crippen molar-refractivity contribution >= 4 is 11.9 Å². The van der Waals surface area contributed by atoms with E-state index in [0.717, 1.165) is 13.8 Å². The van der Waals surface area contributed by atoms with Crippen LogP contribution in [0.25, 0.3) is 0 Å². The molecule has 0 aromatic carbocycles. The van der Waals surface area contributed by atoms with Crippen LogP contribution in [-0.4, -0.2) is 34.3 Å². The molecular formula is C9H9F5O4. The van der Waals surface area contributed by atoms with Crippen molar-refractivity contribution in [2.45, 2.75) is 25.9 Å². The summed E-state index contributed by atoms with van der Waals surface area (Å²) in [5.74, 6) is -11.8. The van der Waals surface area contributed by atoms with Gasteiger partial charge < -0.3 is 10.2 Å². The molecule has 0 rings (SSSR count). The molecule has 0 saturated carbocycles. The maximum absolute atomic E-state index is 13.0. The average molecular weight is 276 g/mol. The highest BCUT2D eigenvalue weighted by Crippen LogP contribution is 2.43. The Balaban J connectivity index is 6.25. The fourth-order valence-electron chi connectivity index (χ4n) is 1.20. The zero-order valence-corrected chi connectivity index (χ0v) is 9.18. The maximum Gasteiger partial charge on any atom is 0.458 e. The van der Waals surface area contributed by atoms with Gasteiger partial charge in [-0.2, -0.15) is 22.0 Å². The third-order valence-corrected chi connectivity index (χ3v) is 1.96. The van der Waals surface area contributed by atoms with E-state index in [2.05, 4.69) is 0 Å². The SMILES string of the molecule is CC(C)C(C(=O)O)=C(C(=O)O)C(F)(F)C(F)(F)F. The van der Waals surface area contributed by atoms with Crippen molar-refractivity contribution in [2.75, 3.05) is 0 Å². The lowest BCUT2D eigenvalue weighted by Gasteiger charge is -2.23. The van der Waals surface area contributed by atoms with Gasteiger partial charge in [-0.3, -0.25) is 0 Å². The van der Waals surface area contributed by atoms with Crippen molar-refractivity contribution in [1.82, 2.24) is 0 Å². The summed E-state index contributed by atoms with van der Waals surface area (Å²) in [7, 11) is 0. The lowest BCUT2D eigenvalue weighted by Crippen LogP contribution is -2.43. The molecule has 2 N–H and O–H groups in total. The van der Waals surface area contributed by atoms with Crippen LogP contribution in [-0.2, 0) is 9.59 Å². The van der Waals surface area contributed by atoms with E-state index in [9.17, 15) is 31.5 Å². The van der Waals surface area contributed by atoms with Crippen molar-refractivity contribution in [3.05, 3.63) is 11.1 Å². The number of carboxylic acid groups (broad SMARTS) is 2. The summed E-state index contributed by atoms with van der Waals surface area (Å²) in [6.07, 6.45) is -6.18. The van der Waals surface area contributed by atoms with Crippen LogP contribution in [0.5, 0.6) is 0 Å². The Morgan fingerprint density at radius 2 is 1.33 bits per heavy atom. The molecule has 0 aliphatic heterocycles. The van der Waals surface area contributed by atoms with Crippen LogP contribution < -0.4 is 0 Å². The predicted molar refractivity (Wildman–Crippen MR) is 48.1 cm³/mol. The summed E-state index contributed by atoms with van der Waals surface area (Å²) in [5.41, 5.74) is -3.94. The number of hydrogen-bond acceptors (Lipinski definition) is 2. The topological polar surface area (TPSA) is 74.6 Å². The maximum atomic E-state index is 13.0. The molecule has 4 nitrogen and oxygen atoms in total. The minimum atomic E-state index is -6.18. The number of rotatable bonds is 4. The van der Waals surface area contributed by atoms with E-state index in [0.29, 0.717) is 0 Å². The molecule has 0 radical (unpaired) electrons. The smallest absolute Gasteiger partial charge is 0.458 e. The Morgan fingerprint density at radius 1 is 0.944 bits per heavy atom. The number of carboxylic acids is 2. The third kappa shape index (κ3) is 2.96. The van der Waals surface area contributed by atoms with E-state index in [4.69, 9.17) is 10.2 Å². The Hall–Kier alpha value is -1.67. The third-order valence-electron chi connectivity index (χ3n) is 1.96. The largest absolute Gasteiger partial charge is 0.478 e. The minimum Gasteiger partial charge on any atom is -0.478 e. The lowest BCUT2D eigenvalue weighted by atomic mass is 9.93. The predicted octanol–water partition coefficient (Wildman–Crippen LogP) is 2.31. The van der Waals surface area contributed by atoms with Gasteiger partial charge in [-0.15, -0.1) is 0 Å². The molecule has 0 spiro atoms. The van der Waals surface area contributed by atoms with Gasteiger partial charge in [0.25, 0.3) is 0 Å². The Bertz CT molecular complexity index is 394. The van der Waals surface area contributed by atoms with Crippen molar-refractivity contribution in [1.29, 1.82) is 0 Å². The lowest BCUT2D eigenvalue weighted by molar-refractivity contribution is -0.265. The highest BCUT2D eigenvalue weighted by molar-refractivity contribution is 6.00. The Morgan fingerprint density at radius 3 is 1.50 bits per heavy atom. The van der Waals surface area contributed by atoms with Crippen LogP contribution in [0.15, 0.2) is 11.1 Å². The number of carbonyl (C=O) groups is 2. The molecule has 0 atom stereocenters. The molecule has 0 heterocycles. The summed E-state index contributed by atoms with van der Waals surface area (Å²) in [6.45, 7) is 2.00. The summed E-state index contributed by atoms with van der Waals surface area (Å²) < 4.78 is 62.3. The van der Waals surface area contributed by atoms with Gasteiger partial charge in [0.2, 0.25) is 0 Å². The molecule has 104 valence electrons. The fourth-order valence-corrected chi connectivity index (χ4v) is 1.20. The van der Waals surface area contributed by atoms with E-state index in [1.165, 1.54) is 0 Å². The van der Waals surface area contributed by atoms with Gasteiger partial charge >= 0.3 is 24.0 Å². The number of aliphatic carboxylic acids is 2. The molecule has 0 saturated heterocycles. The molecule has 0 amide bonds. The summed E-state index contributed by atoms with van der Waals surface area (Å²) in [5, 5.41) is 17.0. The molecule has 9 heteroatoms. The van der Waals surface area contributed by atoms with E-state index in [-0.39, 0.29) is 0 Å². The fraction of sp³-hybridized carbons (Fsp3) is 0.556. The monoisotopic (exact) mass is 276 g/mol. The van der Waals surface area contributed by atoms with Crippen LogP contribution >= 0.6 is 0 Å². The van der Waals surface area contributed by atoms with Crippen LogP contribution in [0.4, 0.5) is 22.0 Å². The first kappa shape index (κ1) is 16.3. The number of alkyl halides is 5. The molecule has 0 fully saturated rings. The van der Waals surface area contributed by atoms with Gasteiger partial charge in [-0.25, -0.2) is 9.59 Å². The van der Waals surface area contributed by atoms with E-state index < -0.39 is 41.1 Å². The zero-order chi connectivity index (χ0) is 14.9.